The first-order valence-electron chi connectivity index (χ1n) is 42.2. The fourth-order valence-electron chi connectivity index (χ4n) is 18.1. The van der Waals surface area contributed by atoms with Gasteiger partial charge in [0.1, 0.15) is 22.3 Å². The van der Waals surface area contributed by atoms with Crippen LogP contribution in [0.3, 0.4) is 0 Å². The highest BCUT2D eigenvalue weighted by molar-refractivity contribution is 7.26. The van der Waals surface area contributed by atoms with Gasteiger partial charge in [-0.15, -0.1) is 22.7 Å². The second-order valence-electron chi connectivity index (χ2n) is 33.0. The van der Waals surface area contributed by atoms with Crippen molar-refractivity contribution in [1.82, 2.24) is 29.9 Å². The molecular formula is C112H74BClN6O4S2. The third-order valence-corrected chi connectivity index (χ3v) is 27.3. The van der Waals surface area contributed by atoms with Crippen molar-refractivity contribution in [3.8, 4) is 101 Å². The monoisotopic (exact) mass is 1680 g/mol. The van der Waals surface area contributed by atoms with Gasteiger partial charge in [-0.3, -0.25) is 0 Å². The molecule has 0 saturated carbocycles. The first-order chi connectivity index (χ1) is 61.8. The molecule has 18 aromatic carbocycles. The van der Waals surface area contributed by atoms with E-state index in [2.05, 4.69) is 335 Å². The zero-order chi connectivity index (χ0) is 84.3. The summed E-state index contributed by atoms with van der Waals surface area (Å²) in [5.41, 5.74) is 17.7. The fourth-order valence-corrected chi connectivity index (χ4v) is 20.6. The van der Waals surface area contributed by atoms with Crippen LogP contribution >= 0.6 is 34.3 Å². The van der Waals surface area contributed by atoms with Crippen LogP contribution in [0, 0.1) is 0 Å². The smallest absolute Gasteiger partial charge is 0.455 e. The summed E-state index contributed by atoms with van der Waals surface area (Å²) in [4.78, 5) is 29.3. The molecule has 0 atom stereocenters. The van der Waals surface area contributed by atoms with Gasteiger partial charge in [0.15, 0.2) is 29.1 Å². The van der Waals surface area contributed by atoms with Crippen LogP contribution in [0.5, 0.6) is 0 Å². The maximum Gasteiger partial charge on any atom is 0.494 e. The lowest BCUT2D eigenvalue weighted by atomic mass is 9.78. The predicted molar refractivity (Wildman–Crippen MR) is 526 cm³/mol. The normalized spacial score (nSPS) is 13.2. The molecule has 0 amide bonds. The zero-order valence-electron chi connectivity index (χ0n) is 68.9. The summed E-state index contributed by atoms with van der Waals surface area (Å²) < 4.78 is 29.9. The molecule has 24 aromatic rings. The summed E-state index contributed by atoms with van der Waals surface area (Å²) in [6, 6.07) is 132. The molecule has 14 heteroatoms. The van der Waals surface area contributed by atoms with E-state index in [0.29, 0.717) is 29.1 Å². The molecule has 7 heterocycles. The van der Waals surface area contributed by atoms with Gasteiger partial charge in [-0.05, 0) is 176 Å². The topological polar surface area (TPSA) is 122 Å². The lowest BCUT2D eigenvalue weighted by Crippen LogP contribution is -2.41. The van der Waals surface area contributed by atoms with E-state index in [-0.39, 0.29) is 23.6 Å². The van der Waals surface area contributed by atoms with Crippen LogP contribution in [0.4, 0.5) is 0 Å². The largest absolute Gasteiger partial charge is 0.494 e. The first-order valence-corrected chi connectivity index (χ1v) is 44.2. The molecule has 0 N–H and O–H groups in total. The first kappa shape index (κ1) is 76.2. The lowest BCUT2D eigenvalue weighted by molar-refractivity contribution is 0.00578. The van der Waals surface area contributed by atoms with Crippen molar-refractivity contribution in [2.75, 3.05) is 0 Å². The van der Waals surface area contributed by atoms with Crippen molar-refractivity contribution in [3.05, 3.63) is 381 Å². The van der Waals surface area contributed by atoms with Crippen LogP contribution in [0.25, 0.3) is 229 Å². The second-order valence-corrected chi connectivity index (χ2v) is 35.5. The third kappa shape index (κ3) is 13.5. The molecule has 0 unspecified atom stereocenters. The maximum absolute atomic E-state index is 6.43. The molecule has 6 aromatic heterocycles. The predicted octanol–water partition coefficient (Wildman–Crippen LogP) is 30.5. The maximum atomic E-state index is 6.43. The van der Waals surface area contributed by atoms with E-state index in [9.17, 15) is 0 Å². The van der Waals surface area contributed by atoms with E-state index >= 15 is 0 Å². The molecule has 1 fully saturated rings. The molecule has 0 bridgehead atoms. The molecule has 10 nitrogen and oxygen atoms in total. The Balaban J connectivity index is 0.000000116. The molecule has 0 aliphatic carbocycles. The Morgan fingerprint density at radius 3 is 1.12 bits per heavy atom. The minimum Gasteiger partial charge on any atom is -0.455 e. The number of halogens is 1. The molecule has 126 heavy (non-hydrogen) atoms. The van der Waals surface area contributed by atoms with Crippen LogP contribution < -0.4 is 5.46 Å². The highest BCUT2D eigenvalue weighted by atomic mass is 35.5. The van der Waals surface area contributed by atoms with Gasteiger partial charge in [0.2, 0.25) is 5.28 Å². The summed E-state index contributed by atoms with van der Waals surface area (Å²) in [5, 5.41) is 19.4. The van der Waals surface area contributed by atoms with Crippen LogP contribution in [0.2, 0.25) is 5.28 Å². The fraction of sp³-hybridized carbons (Fsp3) is 0.0536. The number of aromatic nitrogens is 6. The molecule has 1 aliphatic rings. The minimum atomic E-state index is -0.375. The molecule has 0 spiro atoms. The summed E-state index contributed by atoms with van der Waals surface area (Å²) in [6.07, 6.45) is 0. The molecule has 0 radical (unpaired) electrons. The van der Waals surface area contributed by atoms with Crippen molar-refractivity contribution >= 4 is 174 Å². The Kier molecular flexibility index (Phi) is 18.7. The Bertz CT molecular complexity index is 8480. The molecule has 25 rings (SSSR count). The molecule has 1 aliphatic heterocycles. The van der Waals surface area contributed by atoms with Crippen LogP contribution in [-0.4, -0.2) is 48.2 Å². The average molecular weight is 1680 g/mol. The van der Waals surface area contributed by atoms with Crippen LogP contribution in [0.15, 0.2) is 385 Å². The van der Waals surface area contributed by atoms with Gasteiger partial charge in [-0.2, -0.15) is 9.97 Å². The van der Waals surface area contributed by atoms with Crippen molar-refractivity contribution in [2.45, 2.75) is 38.9 Å². The van der Waals surface area contributed by atoms with E-state index in [0.717, 1.165) is 110 Å². The van der Waals surface area contributed by atoms with E-state index in [4.69, 9.17) is 49.7 Å². The number of benzene rings is 18. The standard InChI is InChI=1S/C53H31N3OS.C35H20ClN3S.C24H23BO3/c1-2-13-32(14-3-1)51-54-52(36-17-10-16-33(29-36)38-22-11-23-42-41-21-8-9-25-46(41)57-50(38)42)56-53(55-51)44-24-12-26-47-49(44)43-28-27-35(31-48(43)58-47)45-30-34-15-4-5-18-37(34)39-19-6-7-20-40(39)45;36-35-38-33(21-9-2-1-3-10-21)37-34(39-35)28-15-8-16-30-32(28)27-18-17-23(20-31(27)40-30)29-19-22-11-4-5-12-24(22)25-13-6-7-14-26(25)29;1-23(2)24(3,4)28-25(27-23)17-10-7-9-16(15-17)18-12-8-13-20-19-11-5-6-14-21(19)26-22(18)20/h1-31H;1-20H;5-15H,1-4H3. The van der Waals surface area contributed by atoms with E-state index in [1.54, 1.807) is 11.3 Å². The van der Waals surface area contributed by atoms with Crippen LogP contribution in [-0.2, 0) is 9.31 Å². The summed E-state index contributed by atoms with van der Waals surface area (Å²) >= 11 is 10.0. The molecule has 1 saturated heterocycles. The molecule has 598 valence electrons. The Labute approximate surface area is 738 Å². The summed E-state index contributed by atoms with van der Waals surface area (Å²) in [6.45, 7) is 8.30. The third-order valence-electron chi connectivity index (χ3n) is 24.9. The number of para-hydroxylation sites is 4. The van der Waals surface area contributed by atoms with Gasteiger partial charge < -0.3 is 18.1 Å². The number of thiophene rings is 2. The zero-order valence-corrected chi connectivity index (χ0v) is 71.3. The highest BCUT2D eigenvalue weighted by Crippen LogP contribution is 2.48. The van der Waals surface area contributed by atoms with Crippen molar-refractivity contribution in [1.29, 1.82) is 0 Å². The summed E-state index contributed by atoms with van der Waals surface area (Å²) in [5.74, 6) is 3.03. The number of fused-ring (bicyclic) bond motifs is 18. The number of nitrogens with zero attached hydrogens (tertiary/aromatic N) is 6. The Morgan fingerprint density at radius 1 is 0.246 bits per heavy atom. The van der Waals surface area contributed by atoms with Gasteiger partial charge in [0, 0.05) is 101 Å². The van der Waals surface area contributed by atoms with Gasteiger partial charge >= 0.3 is 7.12 Å². The number of hydrogen-bond acceptors (Lipinski definition) is 12. The number of furan rings is 2. The second kappa shape index (κ2) is 31.0. The van der Waals surface area contributed by atoms with Crippen molar-refractivity contribution in [2.24, 2.45) is 0 Å². The average Bonchev–Trinajstić information content (AvgIpc) is 1.51. The van der Waals surface area contributed by atoms with Crippen LogP contribution in [0.1, 0.15) is 27.7 Å². The Morgan fingerprint density at radius 2 is 0.603 bits per heavy atom. The van der Waals surface area contributed by atoms with E-state index < -0.39 is 0 Å². The van der Waals surface area contributed by atoms with E-state index in [1.807, 2.05) is 90.2 Å². The van der Waals surface area contributed by atoms with Gasteiger partial charge in [-0.1, -0.05) is 322 Å². The minimum absolute atomic E-state index is 0.186. The van der Waals surface area contributed by atoms with Gasteiger partial charge in [-0.25, -0.2) is 19.9 Å². The van der Waals surface area contributed by atoms with Gasteiger partial charge in [0.25, 0.3) is 0 Å². The van der Waals surface area contributed by atoms with Gasteiger partial charge in [0.05, 0.1) is 11.2 Å². The number of rotatable bonds is 10. The highest BCUT2D eigenvalue weighted by Gasteiger charge is 2.52. The van der Waals surface area contributed by atoms with Crippen molar-refractivity contribution < 1.29 is 18.1 Å². The lowest BCUT2D eigenvalue weighted by Gasteiger charge is -2.32. The quantitative estimate of drug-likeness (QED) is 0.0966. The summed E-state index contributed by atoms with van der Waals surface area (Å²) in [7, 11) is -0.375. The van der Waals surface area contributed by atoms with Crippen molar-refractivity contribution in [3.63, 3.8) is 0 Å². The number of hydrogen-bond donors (Lipinski definition) is 0. The van der Waals surface area contributed by atoms with E-state index in [1.165, 1.54) is 94.9 Å². The Hall–Kier alpha value is -14.7. The SMILES string of the molecule is CC1(C)OB(c2cccc(-c3cccc4c3oc3ccccc34)c2)OC1(C)C.Clc1nc(-c2ccccc2)nc(-c2cccc3sc4cc(-c5cc6ccccc6c6ccccc56)ccc4c23)n1.c1ccc(-c2nc(-c3cccc(-c4cccc5c4oc4ccccc45)c3)nc(-c3cccc4sc5cc(-c6cc7ccccc7c7ccccc67)ccc5c34)n2)cc1. The molecular weight excluding hydrogens is 1600 g/mol.